The summed E-state index contributed by atoms with van der Waals surface area (Å²) in [6.07, 6.45) is 1.11. The molecule has 4 heteroatoms. The molecule has 0 aliphatic rings. The van der Waals surface area contributed by atoms with Crippen LogP contribution in [0.1, 0.15) is 17.5 Å². The van der Waals surface area contributed by atoms with Crippen LogP contribution in [-0.2, 0) is 13.0 Å². The predicted molar refractivity (Wildman–Crippen MR) is 67.6 cm³/mol. The lowest BCUT2D eigenvalue weighted by Gasteiger charge is -1.91. The maximum atomic E-state index is 4.58. The Bertz CT molecular complexity index is 431. The van der Waals surface area contributed by atoms with Gasteiger partial charge in [-0.15, -0.1) is 22.7 Å². The van der Waals surface area contributed by atoms with Crippen molar-refractivity contribution in [1.29, 1.82) is 0 Å². The van der Waals surface area contributed by atoms with Gasteiger partial charge >= 0.3 is 0 Å². The third kappa shape index (κ3) is 2.45. The maximum Gasteiger partial charge on any atom is 0.133 e. The molecule has 2 aromatic rings. The van der Waals surface area contributed by atoms with Crippen LogP contribution < -0.4 is 5.32 Å². The lowest BCUT2D eigenvalue weighted by Crippen LogP contribution is -2.04. The van der Waals surface area contributed by atoms with Crippen molar-refractivity contribution in [3.05, 3.63) is 28.1 Å². The van der Waals surface area contributed by atoms with E-state index in [4.69, 9.17) is 0 Å². The molecule has 0 saturated heterocycles. The van der Waals surface area contributed by atoms with Crippen molar-refractivity contribution in [3.63, 3.8) is 0 Å². The summed E-state index contributed by atoms with van der Waals surface area (Å²) in [5.41, 5.74) is 1.13. The Morgan fingerprint density at radius 2 is 2.27 bits per heavy atom. The van der Waals surface area contributed by atoms with Crippen LogP contribution in [0.2, 0.25) is 0 Å². The first-order valence-corrected chi connectivity index (χ1v) is 6.71. The average molecular weight is 238 g/mol. The first-order valence-electron chi connectivity index (χ1n) is 5.01. The van der Waals surface area contributed by atoms with Crippen LogP contribution in [0, 0.1) is 0 Å². The summed E-state index contributed by atoms with van der Waals surface area (Å²) in [4.78, 5) is 7.30. The van der Waals surface area contributed by atoms with Gasteiger partial charge in [0.2, 0.25) is 0 Å². The molecule has 0 aliphatic heterocycles. The van der Waals surface area contributed by atoms with E-state index in [-0.39, 0.29) is 0 Å². The molecule has 0 atom stereocenters. The minimum absolute atomic E-state index is 0.850. The standard InChI is InChI=1S/C11H14N2S2/c1-3-9-4-5-10(15-9)11-13-8(6-12-2)7-14-11/h4-5,7,12H,3,6H2,1-2H3. The molecule has 0 aromatic carbocycles. The van der Waals surface area contributed by atoms with Crippen molar-refractivity contribution < 1.29 is 0 Å². The van der Waals surface area contributed by atoms with Gasteiger partial charge in [-0.1, -0.05) is 6.92 Å². The highest BCUT2D eigenvalue weighted by molar-refractivity contribution is 7.21. The molecule has 2 heterocycles. The lowest BCUT2D eigenvalue weighted by atomic mass is 10.4. The smallest absolute Gasteiger partial charge is 0.133 e. The average Bonchev–Trinajstić information content (AvgIpc) is 2.85. The molecule has 2 rings (SSSR count). The molecular formula is C11H14N2S2. The van der Waals surface area contributed by atoms with Gasteiger partial charge in [-0.05, 0) is 25.6 Å². The second-order valence-electron chi connectivity index (χ2n) is 3.29. The number of thiophene rings is 1. The zero-order valence-electron chi connectivity index (χ0n) is 8.91. The number of hydrogen-bond donors (Lipinski definition) is 1. The Hall–Kier alpha value is -0.710. The highest BCUT2D eigenvalue weighted by atomic mass is 32.1. The van der Waals surface area contributed by atoms with Crippen LogP contribution in [0.3, 0.4) is 0 Å². The second-order valence-corrected chi connectivity index (χ2v) is 5.32. The highest BCUT2D eigenvalue weighted by Gasteiger charge is 2.06. The van der Waals surface area contributed by atoms with E-state index in [1.165, 1.54) is 9.75 Å². The Balaban J connectivity index is 2.21. The molecule has 0 amide bonds. The van der Waals surface area contributed by atoms with E-state index in [2.05, 4.69) is 34.7 Å². The van der Waals surface area contributed by atoms with Crippen LogP contribution >= 0.6 is 22.7 Å². The van der Waals surface area contributed by atoms with Crippen LogP contribution in [0.4, 0.5) is 0 Å². The van der Waals surface area contributed by atoms with Crippen molar-refractivity contribution in [2.75, 3.05) is 7.05 Å². The van der Waals surface area contributed by atoms with Crippen LogP contribution in [-0.4, -0.2) is 12.0 Å². The first kappa shape index (κ1) is 10.8. The number of thiazole rings is 1. The third-order valence-electron chi connectivity index (χ3n) is 2.13. The molecule has 80 valence electrons. The number of hydrogen-bond acceptors (Lipinski definition) is 4. The topological polar surface area (TPSA) is 24.9 Å². The molecule has 0 unspecified atom stereocenters. The van der Waals surface area contributed by atoms with Crippen LogP contribution in [0.5, 0.6) is 0 Å². The summed E-state index contributed by atoms with van der Waals surface area (Å²) in [7, 11) is 1.94. The van der Waals surface area contributed by atoms with E-state index in [0.717, 1.165) is 23.7 Å². The Morgan fingerprint density at radius 1 is 1.40 bits per heavy atom. The van der Waals surface area contributed by atoms with Gasteiger partial charge in [0, 0.05) is 16.8 Å². The monoisotopic (exact) mass is 238 g/mol. The Labute approximate surface area is 98.0 Å². The summed E-state index contributed by atoms with van der Waals surface area (Å²) < 4.78 is 0. The first-order chi connectivity index (χ1) is 7.33. The van der Waals surface area contributed by atoms with Crippen molar-refractivity contribution in [2.24, 2.45) is 0 Å². The van der Waals surface area contributed by atoms with E-state index in [9.17, 15) is 0 Å². The molecule has 0 fully saturated rings. The fraction of sp³-hybridized carbons (Fsp3) is 0.364. The Morgan fingerprint density at radius 3 is 2.93 bits per heavy atom. The van der Waals surface area contributed by atoms with E-state index >= 15 is 0 Å². The molecule has 0 bridgehead atoms. The van der Waals surface area contributed by atoms with E-state index < -0.39 is 0 Å². The summed E-state index contributed by atoms with van der Waals surface area (Å²) in [5.74, 6) is 0. The molecule has 2 aromatic heterocycles. The quantitative estimate of drug-likeness (QED) is 0.885. The van der Waals surface area contributed by atoms with Gasteiger partial charge in [0.15, 0.2) is 0 Å². The SMILES string of the molecule is CCc1ccc(-c2nc(CNC)cs2)s1. The van der Waals surface area contributed by atoms with E-state index in [1.807, 2.05) is 18.4 Å². The zero-order valence-corrected chi connectivity index (χ0v) is 10.5. The van der Waals surface area contributed by atoms with Crippen molar-refractivity contribution in [1.82, 2.24) is 10.3 Å². The molecule has 0 saturated carbocycles. The summed E-state index contributed by atoms with van der Waals surface area (Å²) in [5, 5.41) is 6.38. The van der Waals surface area contributed by atoms with E-state index in [1.54, 1.807) is 11.3 Å². The summed E-state index contributed by atoms with van der Waals surface area (Å²) in [6.45, 7) is 3.03. The van der Waals surface area contributed by atoms with Crippen molar-refractivity contribution in [2.45, 2.75) is 19.9 Å². The van der Waals surface area contributed by atoms with Gasteiger partial charge in [0.25, 0.3) is 0 Å². The molecule has 2 nitrogen and oxygen atoms in total. The number of aryl methyl sites for hydroxylation is 1. The minimum atomic E-state index is 0.850. The predicted octanol–water partition coefficient (Wildman–Crippen LogP) is 3.15. The maximum absolute atomic E-state index is 4.58. The second kappa shape index (κ2) is 4.88. The minimum Gasteiger partial charge on any atom is -0.314 e. The molecule has 0 aliphatic carbocycles. The molecular weight excluding hydrogens is 224 g/mol. The van der Waals surface area contributed by atoms with Gasteiger partial charge < -0.3 is 5.32 Å². The highest BCUT2D eigenvalue weighted by Crippen LogP contribution is 2.30. The van der Waals surface area contributed by atoms with Gasteiger partial charge in [-0.25, -0.2) is 4.98 Å². The normalized spacial score (nSPS) is 10.8. The third-order valence-corrected chi connectivity index (χ3v) is 4.42. The lowest BCUT2D eigenvalue weighted by molar-refractivity contribution is 0.798. The van der Waals surface area contributed by atoms with Gasteiger partial charge in [0.05, 0.1) is 10.6 Å². The number of nitrogens with zero attached hydrogens (tertiary/aromatic N) is 1. The van der Waals surface area contributed by atoms with Gasteiger partial charge in [0.1, 0.15) is 5.01 Å². The fourth-order valence-electron chi connectivity index (χ4n) is 1.37. The van der Waals surface area contributed by atoms with E-state index in [0.29, 0.717) is 0 Å². The Kier molecular flexibility index (Phi) is 3.51. The van der Waals surface area contributed by atoms with Crippen LogP contribution in [0.15, 0.2) is 17.5 Å². The molecule has 1 N–H and O–H groups in total. The zero-order chi connectivity index (χ0) is 10.7. The van der Waals surface area contributed by atoms with Crippen molar-refractivity contribution >= 4 is 22.7 Å². The number of aromatic nitrogens is 1. The molecule has 15 heavy (non-hydrogen) atoms. The molecule has 0 radical (unpaired) electrons. The van der Waals surface area contributed by atoms with Crippen LogP contribution in [0.25, 0.3) is 9.88 Å². The van der Waals surface area contributed by atoms with Gasteiger partial charge in [-0.3, -0.25) is 0 Å². The number of nitrogens with one attached hydrogen (secondary N) is 1. The van der Waals surface area contributed by atoms with Gasteiger partial charge in [-0.2, -0.15) is 0 Å². The fourth-order valence-corrected chi connectivity index (χ4v) is 3.20. The largest absolute Gasteiger partial charge is 0.314 e. The number of rotatable bonds is 4. The summed E-state index contributed by atoms with van der Waals surface area (Å²) in [6, 6.07) is 4.37. The summed E-state index contributed by atoms with van der Waals surface area (Å²) >= 11 is 3.57. The van der Waals surface area contributed by atoms with Crippen molar-refractivity contribution in [3.8, 4) is 9.88 Å². The molecule has 0 spiro atoms.